The fourth-order valence-electron chi connectivity index (χ4n) is 1.85. The van der Waals surface area contributed by atoms with Gasteiger partial charge in [0.2, 0.25) is 11.8 Å². The smallest absolute Gasteiger partial charge is 0.326 e. The highest BCUT2D eigenvalue weighted by atomic mass is 16.4. The molecule has 0 aliphatic carbocycles. The maximum Gasteiger partial charge on any atom is 0.326 e. The minimum Gasteiger partial charge on any atom is -0.480 e. The predicted molar refractivity (Wildman–Crippen MR) is 76.0 cm³/mol. The minimum absolute atomic E-state index is 0.0199. The molecule has 3 atom stereocenters. The van der Waals surface area contributed by atoms with Gasteiger partial charge in [0.05, 0.1) is 6.07 Å². The lowest BCUT2D eigenvalue weighted by Gasteiger charge is -2.22. The summed E-state index contributed by atoms with van der Waals surface area (Å²) in [6.45, 7) is 6.68. The van der Waals surface area contributed by atoms with Crippen LogP contribution in [-0.4, -0.2) is 35.0 Å². The van der Waals surface area contributed by atoms with Gasteiger partial charge >= 0.3 is 5.97 Å². The quantitative estimate of drug-likeness (QED) is 0.608. The Hall–Kier alpha value is -2.10. The lowest BCUT2D eigenvalue weighted by Crippen LogP contribution is -2.52. The second-order valence-corrected chi connectivity index (χ2v) is 5.55. The van der Waals surface area contributed by atoms with Crippen LogP contribution in [0.4, 0.5) is 0 Å². The van der Waals surface area contributed by atoms with E-state index in [1.165, 1.54) is 6.92 Å². The minimum atomic E-state index is -1.20. The van der Waals surface area contributed by atoms with Gasteiger partial charge in [-0.05, 0) is 25.7 Å². The molecule has 2 amide bonds. The maximum atomic E-state index is 12.1. The van der Waals surface area contributed by atoms with Gasteiger partial charge in [0.1, 0.15) is 12.1 Å². The number of carbonyl (C=O) groups excluding carboxylic acids is 2. The normalized spacial score (nSPS) is 14.7. The fraction of sp³-hybridized carbons (Fsp3) is 0.714. The zero-order valence-corrected chi connectivity index (χ0v) is 12.8. The summed E-state index contributed by atoms with van der Waals surface area (Å²) in [5, 5.41) is 22.7. The molecule has 0 unspecified atom stereocenters. The molecular formula is C14H23N3O4. The summed E-state index contributed by atoms with van der Waals surface area (Å²) in [7, 11) is 0. The largest absolute Gasteiger partial charge is 0.480 e. The second-order valence-electron chi connectivity index (χ2n) is 5.55. The Bertz CT molecular complexity index is 428. The van der Waals surface area contributed by atoms with Crippen molar-refractivity contribution in [2.24, 2.45) is 11.8 Å². The van der Waals surface area contributed by atoms with Gasteiger partial charge in [0.25, 0.3) is 0 Å². The van der Waals surface area contributed by atoms with E-state index in [9.17, 15) is 14.4 Å². The van der Waals surface area contributed by atoms with Crippen LogP contribution in [0.2, 0.25) is 0 Å². The third kappa shape index (κ3) is 7.92. The zero-order valence-electron chi connectivity index (χ0n) is 12.8. The topological polar surface area (TPSA) is 119 Å². The Labute approximate surface area is 124 Å². The Morgan fingerprint density at radius 1 is 1.10 bits per heavy atom. The van der Waals surface area contributed by atoms with Gasteiger partial charge < -0.3 is 15.7 Å². The zero-order chi connectivity index (χ0) is 16.6. The van der Waals surface area contributed by atoms with Crippen molar-refractivity contribution in [2.45, 2.75) is 52.6 Å². The molecule has 0 aromatic heterocycles. The number of hydrogen-bond acceptors (Lipinski definition) is 4. The highest BCUT2D eigenvalue weighted by Gasteiger charge is 2.27. The van der Waals surface area contributed by atoms with Gasteiger partial charge in [0, 0.05) is 12.8 Å². The van der Waals surface area contributed by atoms with Crippen LogP contribution in [0.3, 0.4) is 0 Å². The molecule has 7 nitrogen and oxygen atoms in total. The summed E-state index contributed by atoms with van der Waals surface area (Å²) in [6.07, 6.45) is 0.428. The number of aliphatic carboxylic acids is 1. The molecular weight excluding hydrogens is 274 g/mol. The lowest BCUT2D eigenvalue weighted by molar-refractivity contribution is -0.142. The molecule has 0 aromatic carbocycles. The van der Waals surface area contributed by atoms with Crippen molar-refractivity contribution in [3.63, 3.8) is 0 Å². The van der Waals surface area contributed by atoms with E-state index in [-0.39, 0.29) is 18.2 Å². The van der Waals surface area contributed by atoms with Crippen molar-refractivity contribution in [3.05, 3.63) is 0 Å². The molecule has 0 aliphatic heterocycles. The fourth-order valence-corrected chi connectivity index (χ4v) is 1.85. The molecule has 0 heterocycles. The highest BCUT2D eigenvalue weighted by molar-refractivity contribution is 5.89. The van der Waals surface area contributed by atoms with Crippen LogP contribution in [-0.2, 0) is 14.4 Å². The monoisotopic (exact) mass is 297 g/mol. The van der Waals surface area contributed by atoms with Crippen LogP contribution in [0.1, 0.15) is 40.5 Å². The number of nitrogens with zero attached hydrogens (tertiary/aromatic N) is 1. The van der Waals surface area contributed by atoms with Crippen LogP contribution >= 0.6 is 0 Å². The highest BCUT2D eigenvalue weighted by Crippen LogP contribution is 2.08. The van der Waals surface area contributed by atoms with E-state index < -0.39 is 29.9 Å². The molecule has 7 heteroatoms. The molecule has 0 rings (SSSR count). The second kappa shape index (κ2) is 8.95. The van der Waals surface area contributed by atoms with Gasteiger partial charge in [-0.2, -0.15) is 5.26 Å². The number of hydrogen-bond donors (Lipinski definition) is 3. The van der Waals surface area contributed by atoms with E-state index in [4.69, 9.17) is 10.4 Å². The summed E-state index contributed by atoms with van der Waals surface area (Å²) in [5.41, 5.74) is 0. The van der Waals surface area contributed by atoms with Gasteiger partial charge in [0.15, 0.2) is 0 Å². The van der Waals surface area contributed by atoms with Crippen LogP contribution in [0.25, 0.3) is 0 Å². The molecule has 0 bridgehead atoms. The molecule has 3 N–H and O–H groups in total. The molecule has 21 heavy (non-hydrogen) atoms. The first-order chi connectivity index (χ1) is 9.67. The summed E-state index contributed by atoms with van der Waals surface area (Å²) < 4.78 is 0. The van der Waals surface area contributed by atoms with E-state index in [0.717, 1.165) is 0 Å². The van der Waals surface area contributed by atoms with Crippen molar-refractivity contribution in [2.75, 3.05) is 0 Å². The number of amides is 2. The maximum absolute atomic E-state index is 12.1. The third-order valence-electron chi connectivity index (χ3n) is 2.83. The summed E-state index contributed by atoms with van der Waals surface area (Å²) in [4.78, 5) is 34.4. The number of carboxylic acid groups (broad SMARTS) is 1. The average molecular weight is 297 g/mol. The number of carbonyl (C=O) groups is 3. The molecule has 0 fully saturated rings. The lowest BCUT2D eigenvalue weighted by atomic mass is 10.0. The Morgan fingerprint density at radius 3 is 2.05 bits per heavy atom. The Morgan fingerprint density at radius 2 is 1.67 bits per heavy atom. The third-order valence-corrected chi connectivity index (χ3v) is 2.83. The van der Waals surface area contributed by atoms with E-state index in [2.05, 4.69) is 10.6 Å². The molecule has 0 radical (unpaired) electrons. The van der Waals surface area contributed by atoms with Crippen LogP contribution < -0.4 is 10.6 Å². The molecule has 0 aromatic rings. The van der Waals surface area contributed by atoms with Crippen molar-refractivity contribution in [1.29, 1.82) is 5.26 Å². The Kier molecular flexibility index (Phi) is 8.06. The van der Waals surface area contributed by atoms with Crippen molar-refractivity contribution in [3.8, 4) is 6.07 Å². The van der Waals surface area contributed by atoms with Gasteiger partial charge in [-0.25, -0.2) is 4.79 Å². The van der Waals surface area contributed by atoms with Crippen LogP contribution in [0.15, 0.2) is 0 Å². The van der Waals surface area contributed by atoms with Crippen molar-refractivity contribution in [1.82, 2.24) is 10.6 Å². The predicted octanol–water partition coefficient (Wildman–Crippen LogP) is 0.656. The van der Waals surface area contributed by atoms with Gasteiger partial charge in [-0.1, -0.05) is 13.8 Å². The first kappa shape index (κ1) is 18.9. The van der Waals surface area contributed by atoms with E-state index >= 15 is 0 Å². The summed E-state index contributed by atoms with van der Waals surface area (Å²) >= 11 is 0. The standard InChI is InChI=1S/C14H23N3O4/c1-8(2)5-11(16-10(4)18)13(19)17-12(14(20)21)6-9(3)7-15/h8-9,11-12H,5-6H2,1-4H3,(H,16,18)(H,17,19)(H,20,21)/t9-,11+,12-/m1/s1. The Balaban J connectivity index is 4.86. The van der Waals surface area contributed by atoms with Crippen LogP contribution in [0.5, 0.6) is 0 Å². The number of rotatable bonds is 8. The molecule has 0 saturated carbocycles. The number of nitriles is 1. The van der Waals surface area contributed by atoms with Gasteiger partial charge in [-0.3, -0.25) is 9.59 Å². The molecule has 0 aliphatic rings. The van der Waals surface area contributed by atoms with E-state index in [1.807, 2.05) is 19.9 Å². The summed E-state index contributed by atoms with van der Waals surface area (Å²) in [6, 6.07) is 0.0136. The summed E-state index contributed by atoms with van der Waals surface area (Å²) in [5.74, 6) is -2.43. The van der Waals surface area contributed by atoms with Crippen molar-refractivity contribution >= 4 is 17.8 Å². The molecule has 0 spiro atoms. The molecule has 118 valence electrons. The number of nitrogens with one attached hydrogen (secondary N) is 2. The average Bonchev–Trinajstić information content (AvgIpc) is 2.35. The SMILES string of the molecule is CC(=O)N[C@@H](CC(C)C)C(=O)N[C@H](C[C@@H](C)C#N)C(=O)O. The van der Waals surface area contributed by atoms with Crippen LogP contribution in [0, 0.1) is 23.2 Å². The first-order valence-corrected chi connectivity index (χ1v) is 6.87. The van der Waals surface area contributed by atoms with Crippen molar-refractivity contribution < 1.29 is 19.5 Å². The van der Waals surface area contributed by atoms with E-state index in [1.54, 1.807) is 6.92 Å². The number of carboxylic acids is 1. The van der Waals surface area contributed by atoms with Gasteiger partial charge in [-0.15, -0.1) is 0 Å². The first-order valence-electron chi connectivity index (χ1n) is 6.87. The van der Waals surface area contributed by atoms with E-state index in [0.29, 0.717) is 6.42 Å². The molecule has 0 saturated heterocycles.